The van der Waals surface area contributed by atoms with Crippen molar-refractivity contribution in [2.75, 3.05) is 19.6 Å². The van der Waals surface area contributed by atoms with Gasteiger partial charge in [0.15, 0.2) is 0 Å². The minimum Gasteiger partial charge on any atom is -0.347 e. The summed E-state index contributed by atoms with van der Waals surface area (Å²) < 4.78 is 0. The van der Waals surface area contributed by atoms with Crippen molar-refractivity contribution >= 4 is 11.8 Å². The largest absolute Gasteiger partial charge is 0.347 e. The Morgan fingerprint density at radius 3 is 2.44 bits per heavy atom. The lowest BCUT2D eigenvalue weighted by Gasteiger charge is -2.31. The maximum atomic E-state index is 11.8. The quantitative estimate of drug-likeness (QED) is 0.791. The van der Waals surface area contributed by atoms with Gasteiger partial charge in [0.25, 0.3) is 0 Å². The normalized spacial score (nSPS) is 16.6. The van der Waals surface area contributed by atoms with E-state index in [1.165, 1.54) is 6.92 Å². The van der Waals surface area contributed by atoms with E-state index in [0.29, 0.717) is 13.1 Å². The number of piperidine rings is 1. The molecule has 1 N–H and O–H groups in total. The predicted octanol–water partition coefficient (Wildman–Crippen LogP) is -0.422. The Labute approximate surface area is 105 Å². The molecule has 18 heavy (non-hydrogen) atoms. The maximum Gasteiger partial charge on any atom is 0.241 e. The first-order valence-corrected chi connectivity index (χ1v) is 6.05. The third-order valence-electron chi connectivity index (χ3n) is 3.07. The highest BCUT2D eigenvalue weighted by atomic mass is 16.2. The van der Waals surface area contributed by atoms with Crippen molar-refractivity contribution < 1.29 is 9.59 Å². The number of nitrogens with one attached hydrogen (secondary N) is 1. The zero-order valence-electron chi connectivity index (χ0n) is 10.4. The Morgan fingerprint density at radius 1 is 1.28 bits per heavy atom. The number of amides is 2. The second kappa shape index (κ2) is 5.61. The van der Waals surface area contributed by atoms with E-state index in [1.54, 1.807) is 22.1 Å². The van der Waals surface area contributed by atoms with Crippen LogP contribution in [0.5, 0.6) is 0 Å². The van der Waals surface area contributed by atoms with E-state index in [-0.39, 0.29) is 24.4 Å². The van der Waals surface area contributed by atoms with Gasteiger partial charge in [-0.3, -0.25) is 9.59 Å². The average molecular weight is 251 g/mol. The number of carbonyl (C=O) groups is 2. The van der Waals surface area contributed by atoms with Gasteiger partial charge in [0, 0.05) is 20.0 Å². The van der Waals surface area contributed by atoms with Gasteiger partial charge in [-0.2, -0.15) is 15.0 Å². The van der Waals surface area contributed by atoms with E-state index in [1.807, 2.05) is 0 Å². The van der Waals surface area contributed by atoms with Crippen molar-refractivity contribution in [3.8, 4) is 0 Å². The highest BCUT2D eigenvalue weighted by molar-refractivity contribution is 5.83. The molecule has 1 fully saturated rings. The van der Waals surface area contributed by atoms with E-state index in [0.717, 1.165) is 12.8 Å². The summed E-state index contributed by atoms with van der Waals surface area (Å²) in [5, 5.41) is 10.8. The number of carbonyl (C=O) groups excluding carboxylic acids is 2. The molecule has 0 spiro atoms. The number of likely N-dealkylation sites (tertiary alicyclic amines) is 1. The molecule has 98 valence electrons. The molecular formula is C11H17N5O2. The first-order valence-electron chi connectivity index (χ1n) is 6.05. The van der Waals surface area contributed by atoms with Crippen LogP contribution in [-0.4, -0.2) is 51.3 Å². The molecule has 0 radical (unpaired) electrons. The number of hydrogen-bond acceptors (Lipinski definition) is 4. The monoisotopic (exact) mass is 251 g/mol. The summed E-state index contributed by atoms with van der Waals surface area (Å²) in [6.45, 7) is 2.86. The molecule has 0 aliphatic carbocycles. The predicted molar refractivity (Wildman–Crippen MR) is 63.6 cm³/mol. The van der Waals surface area contributed by atoms with Crippen LogP contribution in [0.25, 0.3) is 0 Å². The van der Waals surface area contributed by atoms with Crippen LogP contribution in [0.2, 0.25) is 0 Å². The molecule has 7 heteroatoms. The van der Waals surface area contributed by atoms with Crippen molar-refractivity contribution in [3.05, 3.63) is 12.4 Å². The Morgan fingerprint density at radius 2 is 1.89 bits per heavy atom. The smallest absolute Gasteiger partial charge is 0.241 e. The summed E-state index contributed by atoms with van der Waals surface area (Å²) in [5.74, 6) is -0.212. The minimum atomic E-state index is -0.182. The van der Waals surface area contributed by atoms with Gasteiger partial charge in [-0.15, -0.1) is 0 Å². The summed E-state index contributed by atoms with van der Waals surface area (Å²) >= 11 is 0. The van der Waals surface area contributed by atoms with Crippen molar-refractivity contribution in [1.29, 1.82) is 0 Å². The summed E-state index contributed by atoms with van der Waals surface area (Å²) in [6.07, 6.45) is 5.02. The number of rotatable bonds is 3. The zero-order chi connectivity index (χ0) is 13.0. The van der Waals surface area contributed by atoms with Crippen LogP contribution in [0.15, 0.2) is 12.4 Å². The topological polar surface area (TPSA) is 80.1 Å². The van der Waals surface area contributed by atoms with Crippen molar-refractivity contribution in [1.82, 2.24) is 25.2 Å². The molecule has 7 nitrogen and oxygen atoms in total. The molecule has 0 saturated carbocycles. The first-order chi connectivity index (χ1) is 8.66. The molecule has 1 aromatic heterocycles. The van der Waals surface area contributed by atoms with Crippen molar-refractivity contribution in [2.24, 2.45) is 0 Å². The highest BCUT2D eigenvalue weighted by Gasteiger charge is 2.24. The van der Waals surface area contributed by atoms with Crippen LogP contribution in [0.4, 0.5) is 0 Å². The molecular weight excluding hydrogens is 234 g/mol. The van der Waals surface area contributed by atoms with Crippen LogP contribution >= 0.6 is 0 Å². The summed E-state index contributed by atoms with van der Waals surface area (Å²) in [5.41, 5.74) is 0. The lowest BCUT2D eigenvalue weighted by atomic mass is 10.1. The third kappa shape index (κ3) is 3.06. The van der Waals surface area contributed by atoms with E-state index in [4.69, 9.17) is 0 Å². The molecule has 0 aromatic carbocycles. The molecule has 1 aliphatic rings. The Bertz CT molecular complexity index is 409. The number of aromatic nitrogens is 3. The van der Waals surface area contributed by atoms with Crippen LogP contribution in [0.1, 0.15) is 25.8 Å². The fourth-order valence-corrected chi connectivity index (χ4v) is 2.07. The van der Waals surface area contributed by atoms with E-state index in [2.05, 4.69) is 15.5 Å². The van der Waals surface area contributed by atoms with Crippen LogP contribution < -0.4 is 5.32 Å². The zero-order valence-corrected chi connectivity index (χ0v) is 10.4. The van der Waals surface area contributed by atoms with Gasteiger partial charge in [-0.25, -0.2) is 0 Å². The average Bonchev–Trinajstić information content (AvgIpc) is 2.90. The first kappa shape index (κ1) is 12.5. The van der Waals surface area contributed by atoms with Crippen molar-refractivity contribution in [2.45, 2.75) is 25.8 Å². The van der Waals surface area contributed by atoms with E-state index in [9.17, 15) is 9.59 Å². The standard InChI is InChI=1S/C11H17N5O2/c1-9(17)12-8-11(18)15-6-2-10(3-7-15)16-13-4-5-14-16/h4-5,10H,2-3,6-8H2,1H3,(H,12,17). The van der Waals surface area contributed by atoms with Crippen LogP contribution in [-0.2, 0) is 9.59 Å². The molecule has 1 aromatic rings. The van der Waals surface area contributed by atoms with E-state index >= 15 is 0 Å². The summed E-state index contributed by atoms with van der Waals surface area (Å²) in [6, 6.07) is 0.268. The Hall–Kier alpha value is -1.92. The highest BCUT2D eigenvalue weighted by Crippen LogP contribution is 2.20. The van der Waals surface area contributed by atoms with Crippen LogP contribution in [0.3, 0.4) is 0 Å². The molecule has 0 atom stereocenters. The second-order valence-corrected chi connectivity index (χ2v) is 4.37. The third-order valence-corrected chi connectivity index (χ3v) is 3.07. The van der Waals surface area contributed by atoms with Gasteiger partial charge in [-0.05, 0) is 12.8 Å². The van der Waals surface area contributed by atoms with Gasteiger partial charge in [0.2, 0.25) is 11.8 Å². The molecule has 2 rings (SSSR count). The molecule has 1 aliphatic heterocycles. The van der Waals surface area contributed by atoms with Gasteiger partial charge in [-0.1, -0.05) is 0 Å². The maximum absolute atomic E-state index is 11.8. The van der Waals surface area contributed by atoms with E-state index < -0.39 is 0 Å². The molecule has 0 bridgehead atoms. The molecule has 2 heterocycles. The number of hydrogen-bond donors (Lipinski definition) is 1. The van der Waals surface area contributed by atoms with Gasteiger partial charge >= 0.3 is 0 Å². The lowest BCUT2D eigenvalue weighted by Crippen LogP contribution is -2.44. The lowest BCUT2D eigenvalue weighted by molar-refractivity contribution is -0.133. The molecule has 0 unspecified atom stereocenters. The fraction of sp³-hybridized carbons (Fsp3) is 0.636. The number of nitrogens with zero attached hydrogens (tertiary/aromatic N) is 4. The minimum absolute atomic E-state index is 0.0305. The Balaban J connectivity index is 1.79. The van der Waals surface area contributed by atoms with Gasteiger partial charge < -0.3 is 10.2 Å². The Kier molecular flexibility index (Phi) is 3.91. The van der Waals surface area contributed by atoms with Crippen molar-refractivity contribution in [3.63, 3.8) is 0 Å². The fourth-order valence-electron chi connectivity index (χ4n) is 2.07. The summed E-state index contributed by atoms with van der Waals surface area (Å²) in [4.78, 5) is 26.0. The molecule has 1 saturated heterocycles. The van der Waals surface area contributed by atoms with Gasteiger partial charge in [0.1, 0.15) is 0 Å². The van der Waals surface area contributed by atoms with Gasteiger partial charge in [0.05, 0.1) is 25.0 Å². The SMILES string of the molecule is CC(=O)NCC(=O)N1CCC(n2nccn2)CC1. The van der Waals surface area contributed by atoms with Crippen LogP contribution in [0, 0.1) is 0 Å². The molecule has 2 amide bonds. The second-order valence-electron chi connectivity index (χ2n) is 4.37. The summed E-state index contributed by atoms with van der Waals surface area (Å²) in [7, 11) is 0.